The van der Waals surface area contributed by atoms with Crippen molar-refractivity contribution < 1.29 is 9.53 Å². The molecule has 2 heteroatoms. The first-order valence-corrected chi connectivity index (χ1v) is 28.6. The Hall–Kier alpha value is -0.790. The molecule has 4 fully saturated rings. The van der Waals surface area contributed by atoms with Gasteiger partial charge in [0.1, 0.15) is 6.10 Å². The normalized spacial score (nSPS) is 32.4. The van der Waals surface area contributed by atoms with E-state index in [1.807, 2.05) is 11.1 Å². The first-order chi connectivity index (χ1) is 29.6. The first kappa shape index (κ1) is 52.2. The van der Waals surface area contributed by atoms with Crippen molar-refractivity contribution in [2.45, 2.75) is 319 Å². The number of carbonyl (C=O) groups excluding carboxylic acids is 1. The molecule has 0 saturated heterocycles. The zero-order valence-electron chi connectivity index (χ0n) is 43.6. The fourth-order valence-corrected chi connectivity index (χ4v) is 15.7. The highest BCUT2D eigenvalue weighted by Gasteiger charge is 2.67. The molecule has 0 N–H and O–H groups in total. The average Bonchev–Trinajstić information content (AvgIpc) is 3.22. The topological polar surface area (TPSA) is 26.3 Å². The molecule has 0 heterocycles. The number of hydrogen-bond donors (Lipinski definition) is 0. The Bertz CT molecular complexity index is 1350. The van der Waals surface area contributed by atoms with Crippen molar-refractivity contribution in [2.75, 3.05) is 0 Å². The van der Waals surface area contributed by atoms with Crippen molar-refractivity contribution in [3.8, 4) is 0 Å². The van der Waals surface area contributed by atoms with Crippen LogP contribution in [0.4, 0.5) is 0 Å². The van der Waals surface area contributed by atoms with Crippen LogP contribution in [0.1, 0.15) is 313 Å². The summed E-state index contributed by atoms with van der Waals surface area (Å²) < 4.78 is 6.47. The average molecular weight is 862 g/mol. The summed E-state index contributed by atoms with van der Waals surface area (Å²) in [5, 5.41) is 0. The van der Waals surface area contributed by atoms with Gasteiger partial charge in [0.15, 0.2) is 0 Å². The molecule has 0 radical (unpaired) electrons. The lowest BCUT2D eigenvalue weighted by molar-refractivity contribution is -0.214. The van der Waals surface area contributed by atoms with Gasteiger partial charge in [0.2, 0.25) is 0 Å². The van der Waals surface area contributed by atoms with Crippen molar-refractivity contribution in [1.82, 2.24) is 0 Å². The molecule has 0 aromatic carbocycles. The van der Waals surface area contributed by atoms with Gasteiger partial charge in [-0.05, 0) is 116 Å². The van der Waals surface area contributed by atoms with Crippen LogP contribution < -0.4 is 0 Å². The van der Waals surface area contributed by atoms with Gasteiger partial charge in [0.25, 0.3) is 0 Å². The molecule has 0 amide bonds. The van der Waals surface area contributed by atoms with Crippen LogP contribution in [0.2, 0.25) is 0 Å². The molecule has 0 aromatic heterocycles. The molecule has 0 aliphatic heterocycles. The van der Waals surface area contributed by atoms with Gasteiger partial charge in [-0.3, -0.25) is 4.79 Å². The predicted molar refractivity (Wildman–Crippen MR) is 270 cm³/mol. The summed E-state index contributed by atoms with van der Waals surface area (Å²) >= 11 is 0. The summed E-state index contributed by atoms with van der Waals surface area (Å²) in [6.07, 6.45) is 53.3. The van der Waals surface area contributed by atoms with Crippen LogP contribution in [0, 0.1) is 44.3 Å². The molecular weight excluding hydrogens is 753 g/mol. The molecule has 5 rings (SSSR count). The second-order valence-electron chi connectivity index (χ2n) is 25.6. The molecule has 4 saturated carbocycles. The lowest BCUT2D eigenvalue weighted by atomic mass is 9.34. The number of carbonyl (C=O) groups is 1. The molecule has 7 atom stereocenters. The van der Waals surface area contributed by atoms with E-state index in [1.165, 1.54) is 231 Å². The van der Waals surface area contributed by atoms with Crippen molar-refractivity contribution in [2.24, 2.45) is 44.3 Å². The predicted octanol–water partition coefficient (Wildman–Crippen LogP) is 19.8. The number of unbranched alkanes of at least 4 members (excludes halogenated alkanes) is 26. The van der Waals surface area contributed by atoms with E-state index in [2.05, 4.69) is 62.3 Å². The second kappa shape index (κ2) is 24.3. The van der Waals surface area contributed by atoms with E-state index in [4.69, 9.17) is 4.74 Å². The van der Waals surface area contributed by atoms with E-state index >= 15 is 0 Å². The summed E-state index contributed by atoms with van der Waals surface area (Å²) in [4.78, 5) is 13.3. The molecule has 62 heavy (non-hydrogen) atoms. The lowest BCUT2D eigenvalue weighted by Crippen LogP contribution is -2.64. The Morgan fingerprint density at radius 1 is 0.484 bits per heavy atom. The molecule has 5 aliphatic rings. The zero-order valence-corrected chi connectivity index (χ0v) is 43.6. The highest BCUT2D eigenvalue weighted by molar-refractivity contribution is 5.69. The number of allylic oxidation sites excluding steroid dienone is 2. The minimum Gasteiger partial charge on any atom is -0.462 e. The SMILES string of the molecule is CCCCCCCCCCCCCCCCCCCCCCCCCCCCCC(=O)O[C@H]1CC[C@]2(C)[C@H]3CCC4=C5CC(C)(C)CC[C@]5(C)CC[C@@]4(C)[C@]3(C)CC[C@H]2C1(C)C. The maximum Gasteiger partial charge on any atom is 0.306 e. The third kappa shape index (κ3) is 13.2. The summed E-state index contributed by atoms with van der Waals surface area (Å²) in [6, 6.07) is 0. The van der Waals surface area contributed by atoms with Crippen LogP contribution >= 0.6 is 0 Å². The van der Waals surface area contributed by atoms with Crippen LogP contribution in [0.3, 0.4) is 0 Å². The van der Waals surface area contributed by atoms with Crippen LogP contribution in [0.25, 0.3) is 0 Å². The van der Waals surface area contributed by atoms with Crippen molar-refractivity contribution in [1.29, 1.82) is 0 Å². The van der Waals surface area contributed by atoms with Gasteiger partial charge in [0.05, 0.1) is 0 Å². The van der Waals surface area contributed by atoms with Gasteiger partial charge in [-0.25, -0.2) is 0 Å². The standard InChI is InChI=1S/C60H108O2/c1-10-11-12-13-14-15-16-17-18-19-20-21-22-23-24-25-26-27-28-29-30-31-32-33-34-35-36-37-54(61)62-53-41-42-58(7)51(56(53,4)5)40-43-60(9)52(58)39-38-49-50-48-55(2,3)44-45-57(50,6)46-47-59(49,60)8/h51-53H,10-48H2,1-9H3/t51-,52+,53-,57+,58-,59+,60+/m0/s1. The fraction of sp³-hybridized carbons (Fsp3) is 0.950. The van der Waals surface area contributed by atoms with Crippen molar-refractivity contribution >= 4 is 5.97 Å². The van der Waals surface area contributed by atoms with Crippen molar-refractivity contribution in [3.63, 3.8) is 0 Å². The largest absolute Gasteiger partial charge is 0.462 e. The lowest BCUT2D eigenvalue weighted by Gasteiger charge is -2.71. The van der Waals surface area contributed by atoms with Gasteiger partial charge in [-0.15, -0.1) is 0 Å². The summed E-state index contributed by atoms with van der Waals surface area (Å²) in [7, 11) is 0. The molecule has 5 aliphatic carbocycles. The third-order valence-electron chi connectivity index (χ3n) is 20.1. The Morgan fingerprint density at radius 2 is 0.935 bits per heavy atom. The second-order valence-corrected chi connectivity index (χ2v) is 25.6. The first-order valence-electron chi connectivity index (χ1n) is 28.6. The van der Waals surface area contributed by atoms with Gasteiger partial charge in [-0.2, -0.15) is 0 Å². The Balaban J connectivity index is 0.870. The highest BCUT2D eigenvalue weighted by Crippen LogP contribution is 2.75. The van der Waals surface area contributed by atoms with Crippen LogP contribution in [-0.2, 0) is 9.53 Å². The monoisotopic (exact) mass is 861 g/mol. The van der Waals surface area contributed by atoms with E-state index < -0.39 is 0 Å². The summed E-state index contributed by atoms with van der Waals surface area (Å²) in [5.74, 6) is 1.47. The van der Waals surface area contributed by atoms with Gasteiger partial charge in [-0.1, -0.05) is 240 Å². The van der Waals surface area contributed by atoms with E-state index in [1.54, 1.807) is 0 Å². The van der Waals surface area contributed by atoms with E-state index in [0.717, 1.165) is 18.8 Å². The van der Waals surface area contributed by atoms with E-state index in [-0.39, 0.29) is 17.5 Å². The molecular formula is C60H108O2. The summed E-state index contributed by atoms with van der Waals surface area (Å²) in [6.45, 7) is 23.1. The van der Waals surface area contributed by atoms with E-state index in [0.29, 0.717) is 39.4 Å². The van der Waals surface area contributed by atoms with Gasteiger partial charge >= 0.3 is 5.97 Å². The summed E-state index contributed by atoms with van der Waals surface area (Å²) in [5.41, 5.74) is 5.79. The minimum absolute atomic E-state index is 0.0354. The Labute approximate surface area is 388 Å². The van der Waals surface area contributed by atoms with Crippen LogP contribution in [0.5, 0.6) is 0 Å². The third-order valence-corrected chi connectivity index (χ3v) is 20.1. The molecule has 0 unspecified atom stereocenters. The number of rotatable bonds is 29. The Kier molecular flexibility index (Phi) is 20.4. The van der Waals surface area contributed by atoms with Crippen LogP contribution in [0.15, 0.2) is 11.1 Å². The smallest absolute Gasteiger partial charge is 0.306 e. The number of hydrogen-bond acceptors (Lipinski definition) is 2. The maximum absolute atomic E-state index is 13.3. The van der Waals surface area contributed by atoms with Crippen LogP contribution in [-0.4, -0.2) is 12.1 Å². The molecule has 2 nitrogen and oxygen atoms in total. The van der Waals surface area contributed by atoms with Gasteiger partial charge in [0, 0.05) is 11.8 Å². The van der Waals surface area contributed by atoms with Crippen molar-refractivity contribution in [3.05, 3.63) is 11.1 Å². The van der Waals surface area contributed by atoms with Gasteiger partial charge < -0.3 is 4.74 Å². The molecule has 0 spiro atoms. The maximum atomic E-state index is 13.3. The molecule has 0 aromatic rings. The zero-order chi connectivity index (χ0) is 44.7. The molecule has 360 valence electrons. The quantitative estimate of drug-likeness (QED) is 0.0425. The number of esters is 1. The Morgan fingerprint density at radius 3 is 1.42 bits per heavy atom. The van der Waals surface area contributed by atoms with E-state index in [9.17, 15) is 4.79 Å². The fourth-order valence-electron chi connectivity index (χ4n) is 15.7. The highest BCUT2D eigenvalue weighted by atomic mass is 16.5. The molecule has 0 bridgehead atoms. The number of ether oxygens (including phenoxy) is 1. The minimum atomic E-state index is 0.0354. The number of fused-ring (bicyclic) bond motifs is 6.